The van der Waals surface area contributed by atoms with Crippen molar-refractivity contribution in [3.8, 4) is 5.75 Å². The van der Waals surface area contributed by atoms with E-state index in [0.717, 1.165) is 30.5 Å². The molecule has 0 aliphatic rings. The van der Waals surface area contributed by atoms with Crippen LogP contribution in [0.2, 0.25) is 0 Å². The average molecular weight is 328 g/mol. The molecule has 0 bridgehead atoms. The van der Waals surface area contributed by atoms with Gasteiger partial charge in [0.15, 0.2) is 0 Å². The van der Waals surface area contributed by atoms with E-state index in [4.69, 9.17) is 4.74 Å². The predicted octanol–water partition coefficient (Wildman–Crippen LogP) is 3.46. The fourth-order valence-corrected chi connectivity index (χ4v) is 2.25. The van der Waals surface area contributed by atoms with E-state index in [-0.39, 0.29) is 5.91 Å². The first-order valence-corrected chi connectivity index (χ1v) is 8.17. The summed E-state index contributed by atoms with van der Waals surface area (Å²) in [5.74, 6) is 0.867. The zero-order valence-electron chi connectivity index (χ0n) is 14.4. The molecule has 0 spiro atoms. The minimum absolute atomic E-state index is 0.187. The lowest BCUT2D eigenvalue weighted by Crippen LogP contribution is -2.25. The number of aromatic nitrogens is 2. The third-order valence-corrected chi connectivity index (χ3v) is 3.56. The Bertz CT molecular complexity index is 688. The van der Waals surface area contributed by atoms with Crippen LogP contribution in [0.15, 0.2) is 30.5 Å². The lowest BCUT2D eigenvalue weighted by atomic mass is 10.2. The molecule has 1 aromatic heterocycles. The zero-order chi connectivity index (χ0) is 17.4. The zero-order valence-corrected chi connectivity index (χ0v) is 14.4. The maximum Gasteiger partial charge on any atom is 0.270 e. The fourth-order valence-electron chi connectivity index (χ4n) is 2.25. The molecule has 0 aliphatic carbocycles. The van der Waals surface area contributed by atoms with Gasteiger partial charge in [-0.2, -0.15) is 0 Å². The number of carbonyl (C=O) groups excluding carboxylic acids is 1. The number of unbranched alkanes of at least 4 members (excludes halogenated alkanes) is 2. The number of methoxy groups -OCH3 is 1. The summed E-state index contributed by atoms with van der Waals surface area (Å²) in [6.45, 7) is 4.78. The van der Waals surface area contributed by atoms with Crippen LogP contribution >= 0.6 is 0 Å². The number of hydrogen-bond donors (Lipinski definition) is 2. The van der Waals surface area contributed by atoms with Gasteiger partial charge in [-0.15, -0.1) is 0 Å². The second-order valence-electron chi connectivity index (χ2n) is 5.56. The number of aryl methyl sites for hydroxylation is 1. The Labute approximate surface area is 142 Å². The smallest absolute Gasteiger partial charge is 0.270 e. The van der Waals surface area contributed by atoms with E-state index in [1.54, 1.807) is 19.4 Å². The van der Waals surface area contributed by atoms with Crippen molar-refractivity contribution < 1.29 is 9.53 Å². The highest BCUT2D eigenvalue weighted by Crippen LogP contribution is 2.27. The van der Waals surface area contributed by atoms with Gasteiger partial charge in [0.25, 0.3) is 5.91 Å². The van der Waals surface area contributed by atoms with Gasteiger partial charge in [-0.25, -0.2) is 9.97 Å². The van der Waals surface area contributed by atoms with Gasteiger partial charge >= 0.3 is 0 Å². The van der Waals surface area contributed by atoms with Crippen molar-refractivity contribution in [2.24, 2.45) is 0 Å². The molecule has 1 amide bonds. The standard InChI is InChI=1S/C18H24N4O2/c1-4-5-6-10-19-17(23)14-9-11-20-18(21-14)22-15-12-13(2)7-8-16(15)24-3/h7-9,11-12H,4-6,10H2,1-3H3,(H,19,23)(H,20,21,22). The largest absolute Gasteiger partial charge is 0.495 e. The van der Waals surface area contributed by atoms with Gasteiger partial charge in [-0.05, 0) is 37.1 Å². The Balaban J connectivity index is 2.07. The van der Waals surface area contributed by atoms with E-state index >= 15 is 0 Å². The summed E-state index contributed by atoms with van der Waals surface area (Å²) < 4.78 is 5.33. The number of benzene rings is 1. The van der Waals surface area contributed by atoms with Crippen LogP contribution in [-0.4, -0.2) is 29.5 Å². The molecule has 0 fully saturated rings. The molecule has 2 aromatic rings. The number of anilines is 2. The first kappa shape index (κ1) is 17.7. The normalized spacial score (nSPS) is 10.3. The maximum absolute atomic E-state index is 12.1. The summed E-state index contributed by atoms with van der Waals surface area (Å²) in [6, 6.07) is 7.39. The van der Waals surface area contributed by atoms with Crippen LogP contribution in [0.25, 0.3) is 0 Å². The minimum atomic E-state index is -0.187. The highest BCUT2D eigenvalue weighted by atomic mass is 16.5. The van der Waals surface area contributed by atoms with Crippen molar-refractivity contribution in [3.63, 3.8) is 0 Å². The summed E-state index contributed by atoms with van der Waals surface area (Å²) in [7, 11) is 1.61. The van der Waals surface area contributed by atoms with Crippen LogP contribution in [0.5, 0.6) is 5.75 Å². The van der Waals surface area contributed by atoms with Gasteiger partial charge in [-0.1, -0.05) is 25.8 Å². The van der Waals surface area contributed by atoms with Crippen LogP contribution in [0, 0.1) is 6.92 Å². The molecule has 0 atom stereocenters. The first-order valence-electron chi connectivity index (χ1n) is 8.17. The molecule has 2 N–H and O–H groups in total. The second-order valence-corrected chi connectivity index (χ2v) is 5.56. The molecule has 1 heterocycles. The number of carbonyl (C=O) groups is 1. The first-order chi connectivity index (χ1) is 11.6. The molecule has 0 unspecified atom stereocenters. The Morgan fingerprint density at radius 2 is 2.08 bits per heavy atom. The van der Waals surface area contributed by atoms with Crippen molar-refractivity contribution in [1.82, 2.24) is 15.3 Å². The quantitative estimate of drug-likeness (QED) is 0.726. The van der Waals surface area contributed by atoms with Gasteiger partial charge < -0.3 is 15.4 Å². The molecular formula is C18H24N4O2. The van der Waals surface area contributed by atoms with Crippen molar-refractivity contribution in [2.75, 3.05) is 19.0 Å². The number of rotatable bonds is 8. The van der Waals surface area contributed by atoms with Crippen molar-refractivity contribution in [3.05, 3.63) is 41.7 Å². The van der Waals surface area contributed by atoms with E-state index in [1.165, 1.54) is 0 Å². The Morgan fingerprint density at radius 3 is 2.83 bits per heavy atom. The van der Waals surface area contributed by atoms with E-state index in [2.05, 4.69) is 27.5 Å². The number of ether oxygens (including phenoxy) is 1. The number of nitrogens with one attached hydrogen (secondary N) is 2. The molecule has 1 aromatic carbocycles. The van der Waals surface area contributed by atoms with Crippen LogP contribution in [0.4, 0.5) is 11.6 Å². The van der Waals surface area contributed by atoms with Crippen LogP contribution < -0.4 is 15.4 Å². The Kier molecular flexibility index (Phi) is 6.54. The monoisotopic (exact) mass is 328 g/mol. The summed E-state index contributed by atoms with van der Waals surface area (Å²) in [6.07, 6.45) is 4.76. The van der Waals surface area contributed by atoms with Crippen molar-refractivity contribution in [2.45, 2.75) is 33.1 Å². The molecule has 0 saturated heterocycles. The van der Waals surface area contributed by atoms with Gasteiger partial charge in [0.05, 0.1) is 12.8 Å². The molecule has 24 heavy (non-hydrogen) atoms. The van der Waals surface area contributed by atoms with Crippen LogP contribution in [-0.2, 0) is 0 Å². The van der Waals surface area contributed by atoms with Crippen LogP contribution in [0.3, 0.4) is 0 Å². The maximum atomic E-state index is 12.1. The molecule has 6 heteroatoms. The number of nitrogens with zero attached hydrogens (tertiary/aromatic N) is 2. The van der Waals surface area contributed by atoms with Gasteiger partial charge in [-0.3, -0.25) is 4.79 Å². The average Bonchev–Trinajstić information content (AvgIpc) is 2.59. The predicted molar refractivity (Wildman–Crippen MR) is 94.9 cm³/mol. The summed E-state index contributed by atoms with van der Waals surface area (Å²) in [4.78, 5) is 20.6. The van der Waals surface area contributed by atoms with Crippen molar-refractivity contribution >= 4 is 17.5 Å². The molecule has 0 aliphatic heterocycles. The highest BCUT2D eigenvalue weighted by molar-refractivity contribution is 5.92. The number of hydrogen-bond acceptors (Lipinski definition) is 5. The third-order valence-electron chi connectivity index (χ3n) is 3.56. The fraction of sp³-hybridized carbons (Fsp3) is 0.389. The summed E-state index contributed by atoms with van der Waals surface area (Å²) in [5, 5.41) is 5.98. The van der Waals surface area contributed by atoms with Crippen molar-refractivity contribution in [1.29, 1.82) is 0 Å². The van der Waals surface area contributed by atoms with Crippen LogP contribution in [0.1, 0.15) is 42.2 Å². The van der Waals surface area contributed by atoms with Gasteiger partial charge in [0.2, 0.25) is 5.95 Å². The molecule has 0 radical (unpaired) electrons. The van der Waals surface area contributed by atoms with E-state index in [9.17, 15) is 4.79 Å². The lowest BCUT2D eigenvalue weighted by Gasteiger charge is -2.11. The molecule has 0 saturated carbocycles. The minimum Gasteiger partial charge on any atom is -0.495 e. The third kappa shape index (κ3) is 4.94. The lowest BCUT2D eigenvalue weighted by molar-refractivity contribution is 0.0948. The summed E-state index contributed by atoms with van der Waals surface area (Å²) >= 11 is 0. The SMILES string of the molecule is CCCCCNC(=O)c1ccnc(Nc2cc(C)ccc2OC)n1. The highest BCUT2D eigenvalue weighted by Gasteiger charge is 2.10. The second kappa shape index (κ2) is 8.86. The molecule has 2 rings (SSSR count). The topological polar surface area (TPSA) is 76.1 Å². The Hall–Kier alpha value is -2.63. The number of amides is 1. The van der Waals surface area contributed by atoms with E-state index < -0.39 is 0 Å². The molecular weight excluding hydrogens is 304 g/mol. The molecule has 128 valence electrons. The van der Waals surface area contributed by atoms with Gasteiger partial charge in [0, 0.05) is 12.7 Å². The van der Waals surface area contributed by atoms with Gasteiger partial charge in [0.1, 0.15) is 11.4 Å². The Morgan fingerprint density at radius 1 is 1.25 bits per heavy atom. The van der Waals surface area contributed by atoms with E-state index in [0.29, 0.717) is 23.9 Å². The molecule has 6 nitrogen and oxygen atoms in total. The van der Waals surface area contributed by atoms with E-state index in [1.807, 2.05) is 25.1 Å². The summed E-state index contributed by atoms with van der Waals surface area (Å²) in [5.41, 5.74) is 2.19.